The molecule has 2 aromatic heterocycles. The third kappa shape index (κ3) is 1.51. The van der Waals surface area contributed by atoms with Gasteiger partial charge in [-0.05, 0) is 49.4 Å². The zero-order valence-corrected chi connectivity index (χ0v) is 10.3. The Hall–Kier alpha value is -1.61. The molecule has 0 saturated carbocycles. The van der Waals surface area contributed by atoms with Crippen molar-refractivity contribution in [2.75, 3.05) is 6.54 Å². The minimum atomic E-state index is 0.531. The third-order valence-corrected chi connectivity index (χ3v) is 4.28. The highest BCUT2D eigenvalue weighted by Crippen LogP contribution is 2.36. The second-order valence-electron chi connectivity index (χ2n) is 5.36. The molecule has 2 N–H and O–H groups in total. The molecule has 3 aliphatic rings. The molecule has 2 unspecified atom stereocenters. The fraction of sp³-hybridized carbons (Fsp3) is 0.400. The Morgan fingerprint density at radius 1 is 1.22 bits per heavy atom. The van der Waals surface area contributed by atoms with E-state index in [2.05, 4.69) is 33.6 Å². The summed E-state index contributed by atoms with van der Waals surface area (Å²) in [5, 5.41) is 4.92. The molecule has 18 heavy (non-hydrogen) atoms. The number of fused-ring (bicyclic) bond motifs is 4. The number of hydrogen-bond donors (Lipinski definition) is 2. The molecular formula is C15H17N3. The lowest BCUT2D eigenvalue weighted by Crippen LogP contribution is -2.29. The highest BCUT2D eigenvalue weighted by Gasteiger charge is 2.28. The minimum Gasteiger partial charge on any atom is -0.346 e. The maximum Gasteiger partial charge on any atom is 0.137 e. The maximum absolute atomic E-state index is 4.38. The molecule has 2 aliphatic heterocycles. The SMILES string of the molecule is C1=C(c2c[nH]c3ncccc23)C2CCC1CCN2. The highest BCUT2D eigenvalue weighted by molar-refractivity contribution is 5.92. The van der Waals surface area contributed by atoms with Crippen LogP contribution in [0, 0.1) is 5.92 Å². The Labute approximate surface area is 106 Å². The molecule has 92 valence electrons. The van der Waals surface area contributed by atoms with Crippen molar-refractivity contribution in [1.29, 1.82) is 0 Å². The Kier molecular flexibility index (Phi) is 2.27. The van der Waals surface area contributed by atoms with E-state index in [4.69, 9.17) is 0 Å². The van der Waals surface area contributed by atoms with Crippen molar-refractivity contribution in [3.05, 3.63) is 36.2 Å². The topological polar surface area (TPSA) is 40.7 Å². The zero-order chi connectivity index (χ0) is 11.9. The van der Waals surface area contributed by atoms with Gasteiger partial charge in [-0.3, -0.25) is 0 Å². The zero-order valence-electron chi connectivity index (χ0n) is 10.3. The molecule has 0 spiro atoms. The summed E-state index contributed by atoms with van der Waals surface area (Å²) in [5.74, 6) is 0.757. The van der Waals surface area contributed by atoms with E-state index >= 15 is 0 Å². The first-order valence-corrected chi connectivity index (χ1v) is 6.79. The first kappa shape index (κ1) is 10.3. The van der Waals surface area contributed by atoms with E-state index < -0.39 is 0 Å². The maximum atomic E-state index is 4.38. The lowest BCUT2D eigenvalue weighted by molar-refractivity contribution is 0.547. The first-order chi connectivity index (χ1) is 8.92. The van der Waals surface area contributed by atoms with Gasteiger partial charge in [0, 0.05) is 29.4 Å². The van der Waals surface area contributed by atoms with E-state index in [1.807, 2.05) is 12.3 Å². The lowest BCUT2D eigenvalue weighted by Gasteiger charge is -2.24. The Morgan fingerprint density at radius 2 is 2.22 bits per heavy atom. The van der Waals surface area contributed by atoms with Crippen LogP contribution in [0.1, 0.15) is 24.8 Å². The second-order valence-corrected chi connectivity index (χ2v) is 5.36. The van der Waals surface area contributed by atoms with Crippen molar-refractivity contribution in [3.8, 4) is 0 Å². The molecule has 2 bridgehead atoms. The van der Waals surface area contributed by atoms with E-state index in [-0.39, 0.29) is 0 Å². The van der Waals surface area contributed by atoms with Gasteiger partial charge in [-0.1, -0.05) is 6.08 Å². The van der Waals surface area contributed by atoms with Gasteiger partial charge < -0.3 is 10.3 Å². The molecule has 2 aromatic rings. The number of pyridine rings is 1. The van der Waals surface area contributed by atoms with E-state index in [1.165, 1.54) is 35.8 Å². The van der Waals surface area contributed by atoms with Crippen LogP contribution in [0.25, 0.3) is 16.6 Å². The number of rotatable bonds is 1. The van der Waals surface area contributed by atoms with Crippen molar-refractivity contribution >= 4 is 16.6 Å². The molecule has 1 fully saturated rings. The summed E-state index contributed by atoms with van der Waals surface area (Å²) in [4.78, 5) is 7.66. The van der Waals surface area contributed by atoms with E-state index in [0.717, 1.165) is 18.1 Å². The van der Waals surface area contributed by atoms with Gasteiger partial charge in [-0.2, -0.15) is 0 Å². The summed E-state index contributed by atoms with van der Waals surface area (Å²) in [6.07, 6.45) is 10.3. The molecule has 3 nitrogen and oxygen atoms in total. The van der Waals surface area contributed by atoms with E-state index in [1.54, 1.807) is 0 Å². The molecule has 0 amide bonds. The standard InChI is InChI=1S/C15H17N3/c1-2-11-13(9-18-15(11)17-6-1)12-8-10-3-4-14(12)16-7-5-10/h1-2,6,8-10,14,16H,3-5,7H2,(H,17,18). The van der Waals surface area contributed by atoms with Gasteiger partial charge in [-0.15, -0.1) is 0 Å². The first-order valence-electron chi connectivity index (χ1n) is 6.79. The average molecular weight is 239 g/mol. The molecule has 3 heteroatoms. The van der Waals surface area contributed by atoms with Crippen LogP contribution < -0.4 is 5.32 Å². The number of aromatic nitrogens is 2. The number of allylic oxidation sites excluding steroid dienone is 1. The number of nitrogens with one attached hydrogen (secondary N) is 2. The Morgan fingerprint density at radius 3 is 3.22 bits per heavy atom. The summed E-state index contributed by atoms with van der Waals surface area (Å²) in [5.41, 5.74) is 3.80. The summed E-state index contributed by atoms with van der Waals surface area (Å²) < 4.78 is 0. The summed E-state index contributed by atoms with van der Waals surface area (Å²) in [6, 6.07) is 4.71. The molecule has 0 aromatic carbocycles. The summed E-state index contributed by atoms with van der Waals surface area (Å²) in [6.45, 7) is 1.15. The van der Waals surface area contributed by atoms with Gasteiger partial charge in [-0.25, -0.2) is 4.98 Å². The molecule has 1 aliphatic carbocycles. The second kappa shape index (κ2) is 3.95. The molecule has 0 radical (unpaired) electrons. The third-order valence-electron chi connectivity index (χ3n) is 4.28. The van der Waals surface area contributed by atoms with Crippen molar-refractivity contribution in [2.24, 2.45) is 5.92 Å². The summed E-state index contributed by atoms with van der Waals surface area (Å²) >= 11 is 0. The van der Waals surface area contributed by atoms with Crippen LogP contribution in [-0.2, 0) is 0 Å². The van der Waals surface area contributed by atoms with Crippen LogP contribution >= 0.6 is 0 Å². The number of aromatic amines is 1. The van der Waals surface area contributed by atoms with Gasteiger partial charge in [0.25, 0.3) is 0 Å². The lowest BCUT2D eigenvalue weighted by atomic mass is 9.84. The quantitative estimate of drug-likeness (QED) is 0.803. The van der Waals surface area contributed by atoms with E-state index in [9.17, 15) is 0 Å². The Bertz CT molecular complexity index is 607. The predicted octanol–water partition coefficient (Wildman–Crippen LogP) is 2.72. The van der Waals surface area contributed by atoms with Crippen molar-refractivity contribution in [3.63, 3.8) is 0 Å². The summed E-state index contributed by atoms with van der Waals surface area (Å²) in [7, 11) is 0. The molecule has 5 rings (SSSR count). The van der Waals surface area contributed by atoms with Crippen molar-refractivity contribution in [2.45, 2.75) is 25.3 Å². The largest absolute Gasteiger partial charge is 0.346 e. The van der Waals surface area contributed by atoms with Crippen LogP contribution in [0.15, 0.2) is 30.6 Å². The van der Waals surface area contributed by atoms with Gasteiger partial charge >= 0.3 is 0 Å². The normalized spacial score (nSPS) is 27.2. The van der Waals surface area contributed by atoms with Crippen LogP contribution in [0.5, 0.6) is 0 Å². The Balaban J connectivity index is 1.87. The number of hydrogen-bond acceptors (Lipinski definition) is 2. The highest BCUT2D eigenvalue weighted by atomic mass is 14.9. The van der Waals surface area contributed by atoms with Crippen LogP contribution in [0.3, 0.4) is 0 Å². The number of H-pyrrole nitrogens is 1. The van der Waals surface area contributed by atoms with Crippen molar-refractivity contribution < 1.29 is 0 Å². The smallest absolute Gasteiger partial charge is 0.137 e. The van der Waals surface area contributed by atoms with Gasteiger partial charge in [0.15, 0.2) is 0 Å². The molecule has 4 heterocycles. The molecule has 2 atom stereocenters. The fourth-order valence-electron chi connectivity index (χ4n) is 3.34. The average Bonchev–Trinajstić information content (AvgIpc) is 2.58. The molecule has 1 saturated heterocycles. The van der Waals surface area contributed by atoms with Crippen LogP contribution in [0.2, 0.25) is 0 Å². The van der Waals surface area contributed by atoms with Gasteiger partial charge in [0.1, 0.15) is 5.65 Å². The number of nitrogens with zero attached hydrogens (tertiary/aromatic N) is 1. The van der Waals surface area contributed by atoms with Crippen molar-refractivity contribution in [1.82, 2.24) is 15.3 Å². The fourth-order valence-corrected chi connectivity index (χ4v) is 3.34. The van der Waals surface area contributed by atoms with Gasteiger partial charge in [0.05, 0.1) is 0 Å². The minimum absolute atomic E-state index is 0.531. The molecular weight excluding hydrogens is 222 g/mol. The predicted molar refractivity (Wildman–Crippen MR) is 73.2 cm³/mol. The van der Waals surface area contributed by atoms with Gasteiger partial charge in [0.2, 0.25) is 0 Å². The van der Waals surface area contributed by atoms with Crippen LogP contribution in [0.4, 0.5) is 0 Å². The van der Waals surface area contributed by atoms with Crippen LogP contribution in [-0.4, -0.2) is 22.6 Å². The van der Waals surface area contributed by atoms with E-state index in [0.29, 0.717) is 6.04 Å². The monoisotopic (exact) mass is 239 g/mol.